The maximum atomic E-state index is 6.30. The van der Waals surface area contributed by atoms with Crippen molar-refractivity contribution < 1.29 is 0 Å². The Morgan fingerprint density at radius 2 is 2.21 bits per heavy atom. The molecule has 104 valence electrons. The zero-order valence-corrected chi connectivity index (χ0v) is 13.5. The number of hydrogen-bond acceptors (Lipinski definition) is 3. The normalized spacial score (nSPS) is 12.9. The van der Waals surface area contributed by atoms with Gasteiger partial charge in [-0.1, -0.05) is 30.1 Å². The maximum absolute atomic E-state index is 6.30. The SMILES string of the molecule is CCNC(Cc1c(C)nn(C)c1Cl)c1sccc1Cl. The van der Waals surface area contributed by atoms with Gasteiger partial charge in [-0.2, -0.15) is 5.10 Å². The highest BCUT2D eigenvalue weighted by Gasteiger charge is 2.20. The quantitative estimate of drug-likeness (QED) is 0.903. The number of aryl methyl sites for hydroxylation is 2. The third kappa shape index (κ3) is 3.14. The number of thiophene rings is 1. The summed E-state index contributed by atoms with van der Waals surface area (Å²) < 4.78 is 1.71. The molecule has 2 rings (SSSR count). The van der Waals surface area contributed by atoms with Gasteiger partial charge >= 0.3 is 0 Å². The topological polar surface area (TPSA) is 29.9 Å². The molecule has 0 saturated heterocycles. The molecule has 0 aliphatic carbocycles. The summed E-state index contributed by atoms with van der Waals surface area (Å²) in [5.74, 6) is 0. The Morgan fingerprint density at radius 1 is 1.47 bits per heavy atom. The summed E-state index contributed by atoms with van der Waals surface area (Å²) in [6.45, 7) is 4.96. The van der Waals surface area contributed by atoms with Crippen LogP contribution in [-0.2, 0) is 13.5 Å². The molecule has 0 aromatic carbocycles. The van der Waals surface area contributed by atoms with Gasteiger partial charge in [-0.3, -0.25) is 4.68 Å². The van der Waals surface area contributed by atoms with Crippen LogP contribution in [0.4, 0.5) is 0 Å². The molecule has 19 heavy (non-hydrogen) atoms. The number of halogens is 2. The van der Waals surface area contributed by atoms with Crippen LogP contribution in [0.15, 0.2) is 11.4 Å². The number of hydrogen-bond donors (Lipinski definition) is 1. The van der Waals surface area contributed by atoms with Crippen molar-refractivity contribution in [3.8, 4) is 0 Å². The molecule has 0 saturated carbocycles. The van der Waals surface area contributed by atoms with E-state index in [0.717, 1.165) is 34.1 Å². The van der Waals surface area contributed by atoms with E-state index >= 15 is 0 Å². The average molecular weight is 318 g/mol. The Balaban J connectivity index is 2.29. The monoisotopic (exact) mass is 317 g/mol. The molecule has 0 fully saturated rings. The van der Waals surface area contributed by atoms with E-state index in [-0.39, 0.29) is 6.04 Å². The fraction of sp³-hybridized carbons (Fsp3) is 0.462. The lowest BCUT2D eigenvalue weighted by Gasteiger charge is -2.17. The fourth-order valence-corrected chi connectivity index (χ4v) is 3.68. The van der Waals surface area contributed by atoms with Crippen LogP contribution in [0.1, 0.15) is 29.1 Å². The van der Waals surface area contributed by atoms with Gasteiger partial charge in [0, 0.05) is 23.5 Å². The first-order valence-corrected chi connectivity index (χ1v) is 7.82. The number of rotatable bonds is 5. The lowest BCUT2D eigenvalue weighted by molar-refractivity contribution is 0.557. The van der Waals surface area contributed by atoms with Crippen molar-refractivity contribution in [2.24, 2.45) is 7.05 Å². The third-order valence-electron chi connectivity index (χ3n) is 3.09. The Kier molecular flexibility index (Phi) is 4.90. The summed E-state index contributed by atoms with van der Waals surface area (Å²) in [6, 6.07) is 2.11. The Labute approximate surface area is 127 Å². The van der Waals surface area contributed by atoms with Crippen LogP contribution in [0.2, 0.25) is 10.2 Å². The predicted molar refractivity (Wildman–Crippen MR) is 82.4 cm³/mol. The van der Waals surface area contributed by atoms with Gasteiger partial charge in [0.1, 0.15) is 5.15 Å². The number of nitrogens with zero attached hydrogens (tertiary/aromatic N) is 2. The standard InChI is InChI=1S/C13H17Cl2N3S/c1-4-16-11(12-10(14)5-6-19-12)7-9-8(2)17-18(3)13(9)15/h5-6,11,16H,4,7H2,1-3H3. The fourth-order valence-electron chi connectivity index (χ4n) is 2.17. The van der Waals surface area contributed by atoms with E-state index in [2.05, 4.69) is 17.3 Å². The molecule has 0 amide bonds. The molecule has 0 bridgehead atoms. The van der Waals surface area contributed by atoms with Crippen LogP contribution in [0, 0.1) is 6.92 Å². The molecule has 6 heteroatoms. The minimum Gasteiger partial charge on any atom is -0.309 e. The minimum absolute atomic E-state index is 0.179. The van der Waals surface area contributed by atoms with E-state index in [1.165, 1.54) is 0 Å². The number of likely N-dealkylation sites (N-methyl/N-ethyl adjacent to an activating group) is 1. The van der Waals surface area contributed by atoms with Crippen molar-refractivity contribution in [1.82, 2.24) is 15.1 Å². The van der Waals surface area contributed by atoms with E-state index in [0.29, 0.717) is 5.15 Å². The molecule has 3 nitrogen and oxygen atoms in total. The van der Waals surface area contributed by atoms with Gasteiger partial charge in [0.05, 0.1) is 10.7 Å². The molecule has 2 aromatic heterocycles. The molecule has 2 heterocycles. The van der Waals surface area contributed by atoms with Gasteiger partial charge in [-0.15, -0.1) is 11.3 Å². The van der Waals surface area contributed by atoms with Crippen LogP contribution < -0.4 is 5.32 Å². The second-order valence-corrected chi connectivity index (χ2v) is 6.14. The van der Waals surface area contributed by atoms with E-state index in [1.807, 2.05) is 25.4 Å². The van der Waals surface area contributed by atoms with Crippen LogP contribution in [0.25, 0.3) is 0 Å². The third-order valence-corrected chi connectivity index (χ3v) is 5.03. The van der Waals surface area contributed by atoms with E-state index in [9.17, 15) is 0 Å². The van der Waals surface area contributed by atoms with Gasteiger partial charge in [0.25, 0.3) is 0 Å². The molecular weight excluding hydrogens is 301 g/mol. The smallest absolute Gasteiger partial charge is 0.130 e. The molecule has 0 aliphatic heterocycles. The molecule has 0 radical (unpaired) electrons. The first kappa shape index (κ1) is 14.9. The second-order valence-electron chi connectivity index (χ2n) is 4.43. The van der Waals surface area contributed by atoms with Gasteiger partial charge in [0.2, 0.25) is 0 Å². The summed E-state index contributed by atoms with van der Waals surface area (Å²) in [7, 11) is 1.86. The van der Waals surface area contributed by atoms with Crippen molar-refractivity contribution in [3.63, 3.8) is 0 Å². The highest BCUT2D eigenvalue weighted by atomic mass is 35.5. The number of nitrogens with one attached hydrogen (secondary N) is 1. The van der Waals surface area contributed by atoms with Crippen molar-refractivity contribution >= 4 is 34.5 Å². The Morgan fingerprint density at radius 3 is 2.68 bits per heavy atom. The van der Waals surface area contributed by atoms with Crippen molar-refractivity contribution in [2.75, 3.05) is 6.54 Å². The summed E-state index contributed by atoms with van der Waals surface area (Å²) in [6.07, 6.45) is 0.798. The van der Waals surface area contributed by atoms with Crippen LogP contribution >= 0.6 is 34.5 Å². The maximum Gasteiger partial charge on any atom is 0.130 e. The lowest BCUT2D eigenvalue weighted by atomic mass is 10.1. The zero-order valence-electron chi connectivity index (χ0n) is 11.2. The molecule has 0 aliphatic rings. The van der Waals surface area contributed by atoms with Gasteiger partial charge in [-0.25, -0.2) is 0 Å². The highest BCUT2D eigenvalue weighted by molar-refractivity contribution is 7.10. The van der Waals surface area contributed by atoms with Gasteiger partial charge in [-0.05, 0) is 31.3 Å². The van der Waals surface area contributed by atoms with Crippen LogP contribution in [0.3, 0.4) is 0 Å². The van der Waals surface area contributed by atoms with Crippen LogP contribution in [0.5, 0.6) is 0 Å². The summed E-state index contributed by atoms with van der Waals surface area (Å²) in [4.78, 5) is 1.16. The largest absolute Gasteiger partial charge is 0.309 e. The highest BCUT2D eigenvalue weighted by Crippen LogP contribution is 2.33. The molecule has 0 spiro atoms. The first-order chi connectivity index (χ1) is 9.04. The summed E-state index contributed by atoms with van der Waals surface area (Å²) >= 11 is 14.2. The molecule has 1 unspecified atom stereocenters. The van der Waals surface area contributed by atoms with E-state index in [4.69, 9.17) is 23.2 Å². The zero-order chi connectivity index (χ0) is 14.0. The molecule has 2 aromatic rings. The van der Waals surface area contributed by atoms with Crippen molar-refractivity contribution in [2.45, 2.75) is 26.3 Å². The van der Waals surface area contributed by atoms with Gasteiger partial charge < -0.3 is 5.32 Å². The number of aromatic nitrogens is 2. The average Bonchev–Trinajstić information content (AvgIpc) is 2.88. The minimum atomic E-state index is 0.179. The Hall–Kier alpha value is -0.550. The first-order valence-electron chi connectivity index (χ1n) is 6.18. The predicted octanol–water partition coefficient (Wildman–Crippen LogP) is 3.99. The molecule has 1 atom stereocenters. The van der Waals surface area contributed by atoms with Gasteiger partial charge in [0.15, 0.2) is 0 Å². The molecular formula is C13H17Cl2N3S. The van der Waals surface area contributed by atoms with Crippen molar-refractivity contribution in [3.05, 3.63) is 37.8 Å². The second kappa shape index (κ2) is 6.27. The Bertz CT molecular complexity index is 562. The summed E-state index contributed by atoms with van der Waals surface area (Å²) in [5.41, 5.74) is 2.06. The summed E-state index contributed by atoms with van der Waals surface area (Å²) in [5, 5.41) is 11.4. The van der Waals surface area contributed by atoms with Crippen molar-refractivity contribution in [1.29, 1.82) is 0 Å². The molecule has 1 N–H and O–H groups in total. The lowest BCUT2D eigenvalue weighted by Crippen LogP contribution is -2.22. The van der Waals surface area contributed by atoms with E-state index < -0.39 is 0 Å². The van der Waals surface area contributed by atoms with E-state index in [1.54, 1.807) is 16.0 Å². The van der Waals surface area contributed by atoms with Crippen LogP contribution in [-0.4, -0.2) is 16.3 Å².